The van der Waals surface area contributed by atoms with Crippen LogP contribution in [0, 0.1) is 10.7 Å². The highest BCUT2D eigenvalue weighted by Crippen LogP contribution is 2.18. The number of hydrogen-bond acceptors (Lipinski definition) is 6. The molecule has 2 amide bonds. The summed E-state index contributed by atoms with van der Waals surface area (Å²) >= 11 is 1.04. The lowest BCUT2D eigenvalue weighted by Crippen LogP contribution is -2.47. The van der Waals surface area contributed by atoms with E-state index in [0.717, 1.165) is 49.4 Å². The zero-order chi connectivity index (χ0) is 16.5. The average Bonchev–Trinajstić information content (AvgIpc) is 2.57. The van der Waals surface area contributed by atoms with Gasteiger partial charge in [-0.3, -0.25) is 14.5 Å². The zero-order valence-electron chi connectivity index (χ0n) is 12.7. The van der Waals surface area contributed by atoms with Crippen LogP contribution in [0.5, 0.6) is 0 Å². The van der Waals surface area contributed by atoms with Gasteiger partial charge in [-0.1, -0.05) is 0 Å². The first kappa shape index (κ1) is 17.3. The fourth-order valence-corrected chi connectivity index (χ4v) is 2.57. The first-order valence-electron chi connectivity index (χ1n) is 7.37. The van der Waals surface area contributed by atoms with Crippen molar-refractivity contribution in [1.82, 2.24) is 15.5 Å². The Bertz CT molecular complexity index is 579. The minimum Gasteiger partial charge on any atom is -0.347 e. The number of nitrogens with zero attached hydrogens (tertiary/aromatic N) is 2. The lowest BCUT2D eigenvalue weighted by atomic mass is 10.3. The molecule has 0 radical (unpaired) electrons. The maximum absolute atomic E-state index is 11.8. The van der Waals surface area contributed by atoms with Gasteiger partial charge in [0.25, 0.3) is 0 Å². The van der Waals surface area contributed by atoms with E-state index in [1.807, 2.05) is 5.40 Å². The van der Waals surface area contributed by atoms with E-state index < -0.39 is 11.8 Å². The zero-order valence-corrected chi connectivity index (χ0v) is 13.5. The number of rotatable bonds is 5. The number of benzene rings is 1. The molecule has 2 rings (SSSR count). The summed E-state index contributed by atoms with van der Waals surface area (Å²) < 4.78 is 0. The van der Waals surface area contributed by atoms with E-state index in [4.69, 9.17) is 5.26 Å². The molecule has 0 unspecified atom stereocenters. The van der Waals surface area contributed by atoms with Crippen molar-refractivity contribution < 1.29 is 9.59 Å². The first-order valence-corrected chi connectivity index (χ1v) is 8.19. The number of thioether (sulfide) groups is 1. The summed E-state index contributed by atoms with van der Waals surface area (Å²) in [6, 6.07) is 6.74. The third-order valence-electron chi connectivity index (χ3n) is 3.41. The SMILES string of the molecule is N#CSc1ccc(NC(=O)C(=O)NCCN2CCNCC2)cc1. The van der Waals surface area contributed by atoms with E-state index in [2.05, 4.69) is 20.9 Å². The van der Waals surface area contributed by atoms with E-state index in [1.165, 1.54) is 0 Å². The van der Waals surface area contributed by atoms with Crippen molar-refractivity contribution in [3.8, 4) is 5.40 Å². The van der Waals surface area contributed by atoms with Gasteiger partial charge in [-0.2, -0.15) is 5.26 Å². The van der Waals surface area contributed by atoms with Gasteiger partial charge in [0.2, 0.25) is 0 Å². The number of nitriles is 1. The maximum Gasteiger partial charge on any atom is 0.313 e. The fraction of sp³-hybridized carbons (Fsp3) is 0.400. The predicted molar refractivity (Wildman–Crippen MR) is 88.9 cm³/mol. The van der Waals surface area contributed by atoms with Gasteiger partial charge in [0.1, 0.15) is 5.40 Å². The van der Waals surface area contributed by atoms with Crippen LogP contribution in [0.3, 0.4) is 0 Å². The number of thiocyanates is 1. The van der Waals surface area contributed by atoms with Crippen molar-refractivity contribution in [1.29, 1.82) is 5.26 Å². The Morgan fingerprint density at radius 1 is 1.22 bits per heavy atom. The molecule has 0 aromatic heterocycles. The Kier molecular flexibility index (Phi) is 6.87. The summed E-state index contributed by atoms with van der Waals surface area (Å²) in [6.07, 6.45) is 0. The quantitative estimate of drug-likeness (QED) is 0.405. The molecular weight excluding hydrogens is 314 g/mol. The van der Waals surface area contributed by atoms with Crippen LogP contribution in [0.1, 0.15) is 0 Å². The van der Waals surface area contributed by atoms with E-state index in [9.17, 15) is 9.59 Å². The van der Waals surface area contributed by atoms with Crippen LogP contribution < -0.4 is 16.0 Å². The molecule has 0 bridgehead atoms. The Morgan fingerprint density at radius 3 is 2.57 bits per heavy atom. The summed E-state index contributed by atoms with van der Waals surface area (Å²) in [5.41, 5.74) is 0.523. The smallest absolute Gasteiger partial charge is 0.313 e. The van der Waals surface area contributed by atoms with E-state index in [1.54, 1.807) is 24.3 Å². The molecule has 0 aliphatic carbocycles. The largest absolute Gasteiger partial charge is 0.347 e. The summed E-state index contributed by atoms with van der Waals surface area (Å²) in [5, 5.41) is 19.0. The number of amides is 2. The molecule has 1 aliphatic heterocycles. The summed E-state index contributed by atoms with van der Waals surface area (Å²) in [5.74, 6) is -1.33. The molecule has 0 saturated carbocycles. The van der Waals surface area contributed by atoms with Gasteiger partial charge in [-0.05, 0) is 36.0 Å². The third-order valence-corrected chi connectivity index (χ3v) is 4.00. The second-order valence-corrected chi connectivity index (χ2v) is 5.88. The minimum absolute atomic E-state index is 0.448. The molecule has 1 fully saturated rings. The normalized spacial score (nSPS) is 14.7. The van der Waals surface area contributed by atoms with Crippen molar-refractivity contribution >= 4 is 29.3 Å². The number of carbonyl (C=O) groups excluding carboxylic acids is 2. The average molecular weight is 333 g/mol. The van der Waals surface area contributed by atoms with Crippen molar-refractivity contribution in [3.05, 3.63) is 24.3 Å². The van der Waals surface area contributed by atoms with Gasteiger partial charge in [0, 0.05) is 49.9 Å². The molecule has 122 valence electrons. The lowest BCUT2D eigenvalue weighted by molar-refractivity contribution is -0.136. The van der Waals surface area contributed by atoms with Crippen molar-refractivity contribution in [3.63, 3.8) is 0 Å². The van der Waals surface area contributed by atoms with Crippen molar-refractivity contribution in [2.45, 2.75) is 4.90 Å². The number of anilines is 1. The van der Waals surface area contributed by atoms with E-state index in [0.29, 0.717) is 12.2 Å². The molecular formula is C15H19N5O2S. The molecule has 0 spiro atoms. The lowest BCUT2D eigenvalue weighted by Gasteiger charge is -2.26. The standard InChI is InChI=1S/C15H19N5O2S/c16-11-23-13-3-1-12(2-4-13)19-15(22)14(21)18-7-10-20-8-5-17-6-9-20/h1-4,17H,5-10H2,(H,18,21)(H,19,22). The second-order valence-electron chi connectivity index (χ2n) is 5.02. The maximum atomic E-state index is 11.8. The molecule has 1 aromatic rings. The molecule has 7 nitrogen and oxygen atoms in total. The second kappa shape index (κ2) is 9.15. The first-order chi connectivity index (χ1) is 11.2. The van der Waals surface area contributed by atoms with E-state index in [-0.39, 0.29) is 0 Å². The molecule has 1 saturated heterocycles. The number of carbonyl (C=O) groups is 2. The molecule has 8 heteroatoms. The highest BCUT2D eigenvalue weighted by molar-refractivity contribution is 8.03. The number of piperazine rings is 1. The summed E-state index contributed by atoms with van der Waals surface area (Å²) in [4.78, 5) is 26.6. The Labute approximate surface area is 139 Å². The molecule has 1 aromatic carbocycles. The van der Waals surface area contributed by atoms with E-state index >= 15 is 0 Å². The fourth-order valence-electron chi connectivity index (χ4n) is 2.19. The number of hydrogen-bond donors (Lipinski definition) is 3. The highest BCUT2D eigenvalue weighted by atomic mass is 32.2. The summed E-state index contributed by atoms with van der Waals surface area (Å²) in [7, 11) is 0. The van der Waals surface area contributed by atoms with Gasteiger partial charge < -0.3 is 16.0 Å². The predicted octanol–water partition coefficient (Wildman–Crippen LogP) is 0.220. The van der Waals surface area contributed by atoms with Crippen LogP contribution in [-0.4, -0.2) is 56.0 Å². The van der Waals surface area contributed by atoms with Gasteiger partial charge >= 0.3 is 11.8 Å². The van der Waals surface area contributed by atoms with Crippen LogP contribution in [0.15, 0.2) is 29.2 Å². The third kappa shape index (κ3) is 5.90. The molecule has 3 N–H and O–H groups in total. The highest BCUT2D eigenvalue weighted by Gasteiger charge is 2.14. The van der Waals surface area contributed by atoms with Crippen LogP contribution >= 0.6 is 11.8 Å². The monoisotopic (exact) mass is 333 g/mol. The Morgan fingerprint density at radius 2 is 1.91 bits per heavy atom. The topological polar surface area (TPSA) is 97.3 Å². The van der Waals surface area contributed by atoms with Crippen molar-refractivity contribution in [2.24, 2.45) is 0 Å². The van der Waals surface area contributed by atoms with Gasteiger partial charge in [0.15, 0.2) is 0 Å². The minimum atomic E-state index is -0.689. The molecule has 23 heavy (non-hydrogen) atoms. The Hall–Kier alpha value is -2.08. The van der Waals surface area contributed by atoms with Gasteiger partial charge in [0.05, 0.1) is 0 Å². The molecule has 1 heterocycles. The van der Waals surface area contributed by atoms with Gasteiger partial charge in [-0.25, -0.2) is 0 Å². The molecule has 1 aliphatic rings. The summed E-state index contributed by atoms with van der Waals surface area (Å²) in [6.45, 7) is 5.00. The number of nitrogens with one attached hydrogen (secondary N) is 3. The van der Waals surface area contributed by atoms with Crippen LogP contribution in [-0.2, 0) is 9.59 Å². The van der Waals surface area contributed by atoms with Crippen LogP contribution in [0.4, 0.5) is 5.69 Å². The van der Waals surface area contributed by atoms with Gasteiger partial charge in [-0.15, -0.1) is 0 Å². The van der Waals surface area contributed by atoms with Crippen LogP contribution in [0.25, 0.3) is 0 Å². The van der Waals surface area contributed by atoms with Crippen LogP contribution in [0.2, 0.25) is 0 Å². The van der Waals surface area contributed by atoms with Crippen molar-refractivity contribution in [2.75, 3.05) is 44.6 Å². The Balaban J connectivity index is 1.71. The molecule has 0 atom stereocenters.